The van der Waals surface area contributed by atoms with Gasteiger partial charge in [-0.1, -0.05) is 13.8 Å². The summed E-state index contributed by atoms with van der Waals surface area (Å²) in [6.45, 7) is 7.26. The summed E-state index contributed by atoms with van der Waals surface area (Å²) in [5.74, 6) is -0.532. The standard InChI is InChI=1S/C17H22N2O4/c1-5-22-14-8-6-13(7-9-14)16(21)23-10-15(20)19-17(4,11-18)12(2)3/h6-9,12H,5,10H2,1-4H3,(H,19,20)/t17-/m1/s1. The summed E-state index contributed by atoms with van der Waals surface area (Å²) in [7, 11) is 0. The number of nitrogens with one attached hydrogen (secondary N) is 1. The summed E-state index contributed by atoms with van der Waals surface area (Å²) in [6.07, 6.45) is 0. The van der Waals surface area contributed by atoms with Crippen molar-refractivity contribution in [2.75, 3.05) is 13.2 Å². The molecule has 23 heavy (non-hydrogen) atoms. The number of hydrogen-bond acceptors (Lipinski definition) is 5. The monoisotopic (exact) mass is 318 g/mol. The fourth-order valence-corrected chi connectivity index (χ4v) is 1.70. The molecule has 0 heterocycles. The predicted molar refractivity (Wildman–Crippen MR) is 84.9 cm³/mol. The first-order chi connectivity index (χ1) is 10.8. The van der Waals surface area contributed by atoms with Gasteiger partial charge in [0.2, 0.25) is 0 Å². The van der Waals surface area contributed by atoms with Crippen LogP contribution in [0.25, 0.3) is 0 Å². The number of rotatable bonds is 7. The van der Waals surface area contributed by atoms with Gasteiger partial charge in [-0.3, -0.25) is 4.79 Å². The van der Waals surface area contributed by atoms with Crippen LogP contribution in [-0.2, 0) is 9.53 Å². The molecule has 0 aromatic heterocycles. The second kappa shape index (κ2) is 8.18. The Morgan fingerprint density at radius 3 is 2.39 bits per heavy atom. The molecule has 0 fully saturated rings. The van der Waals surface area contributed by atoms with Gasteiger partial charge in [0.1, 0.15) is 11.3 Å². The Kier molecular flexibility index (Phi) is 6.58. The molecule has 0 aliphatic carbocycles. The molecule has 0 saturated heterocycles. The molecule has 0 aliphatic rings. The van der Waals surface area contributed by atoms with Crippen LogP contribution in [0.15, 0.2) is 24.3 Å². The van der Waals surface area contributed by atoms with Crippen molar-refractivity contribution in [3.05, 3.63) is 29.8 Å². The predicted octanol–water partition coefficient (Wildman–Crippen LogP) is 2.30. The summed E-state index contributed by atoms with van der Waals surface area (Å²) in [6, 6.07) is 8.51. The number of ether oxygens (including phenoxy) is 2. The Balaban J connectivity index is 2.56. The maximum absolute atomic E-state index is 11.9. The molecule has 0 radical (unpaired) electrons. The van der Waals surface area contributed by atoms with Crippen molar-refractivity contribution in [2.45, 2.75) is 33.2 Å². The van der Waals surface area contributed by atoms with Crippen molar-refractivity contribution in [1.82, 2.24) is 5.32 Å². The summed E-state index contributed by atoms with van der Waals surface area (Å²) in [5.41, 5.74) is -0.670. The molecule has 0 unspecified atom stereocenters. The van der Waals surface area contributed by atoms with Crippen molar-refractivity contribution in [1.29, 1.82) is 5.26 Å². The average Bonchev–Trinajstić information content (AvgIpc) is 2.53. The third-order valence-corrected chi connectivity index (χ3v) is 3.52. The van der Waals surface area contributed by atoms with Gasteiger partial charge in [0, 0.05) is 0 Å². The Morgan fingerprint density at radius 1 is 1.30 bits per heavy atom. The van der Waals surface area contributed by atoms with E-state index in [9.17, 15) is 9.59 Å². The van der Waals surface area contributed by atoms with E-state index in [2.05, 4.69) is 11.4 Å². The molecule has 0 aliphatic heterocycles. The van der Waals surface area contributed by atoms with Crippen LogP contribution < -0.4 is 10.1 Å². The first kappa shape index (κ1) is 18.5. The van der Waals surface area contributed by atoms with Crippen LogP contribution in [0.5, 0.6) is 5.75 Å². The highest BCUT2D eigenvalue weighted by Gasteiger charge is 2.30. The molecule has 0 bridgehead atoms. The molecule has 1 rings (SSSR count). The van der Waals surface area contributed by atoms with Crippen molar-refractivity contribution >= 4 is 11.9 Å². The molecule has 0 spiro atoms. The van der Waals surface area contributed by atoms with Crippen LogP contribution in [0.4, 0.5) is 0 Å². The van der Waals surface area contributed by atoms with Crippen LogP contribution in [0, 0.1) is 17.2 Å². The third kappa shape index (κ3) is 5.29. The Labute approximate surface area is 136 Å². The number of carbonyl (C=O) groups excluding carboxylic acids is 2. The summed E-state index contributed by atoms with van der Waals surface area (Å²) in [5, 5.41) is 11.7. The highest BCUT2D eigenvalue weighted by molar-refractivity contribution is 5.91. The lowest BCUT2D eigenvalue weighted by Gasteiger charge is -2.27. The zero-order valence-corrected chi connectivity index (χ0v) is 13.9. The molecule has 124 valence electrons. The first-order valence-corrected chi connectivity index (χ1v) is 7.44. The minimum absolute atomic E-state index is 0.0711. The average molecular weight is 318 g/mol. The summed E-state index contributed by atoms with van der Waals surface area (Å²) in [4.78, 5) is 23.7. The van der Waals surface area contributed by atoms with Crippen LogP contribution in [-0.4, -0.2) is 30.6 Å². The van der Waals surface area contributed by atoms with E-state index in [0.29, 0.717) is 17.9 Å². The lowest BCUT2D eigenvalue weighted by atomic mass is 9.90. The fourth-order valence-electron chi connectivity index (χ4n) is 1.70. The van der Waals surface area contributed by atoms with Crippen molar-refractivity contribution in [3.8, 4) is 11.8 Å². The quantitative estimate of drug-likeness (QED) is 0.779. The summed E-state index contributed by atoms with van der Waals surface area (Å²) >= 11 is 0. The normalized spacial score (nSPS) is 12.9. The fraction of sp³-hybridized carbons (Fsp3) is 0.471. The molecule has 1 aromatic carbocycles. The van der Waals surface area contributed by atoms with Crippen molar-refractivity contribution in [3.63, 3.8) is 0 Å². The molecule has 6 heteroatoms. The van der Waals surface area contributed by atoms with Gasteiger partial charge in [-0.15, -0.1) is 0 Å². The van der Waals surface area contributed by atoms with Crippen LogP contribution in [0.2, 0.25) is 0 Å². The van der Waals surface area contributed by atoms with E-state index < -0.39 is 24.0 Å². The van der Waals surface area contributed by atoms with E-state index in [1.165, 1.54) is 0 Å². The van der Waals surface area contributed by atoms with Gasteiger partial charge in [-0.25, -0.2) is 4.79 Å². The van der Waals surface area contributed by atoms with Crippen LogP contribution in [0.3, 0.4) is 0 Å². The molecule has 1 atom stereocenters. The topological polar surface area (TPSA) is 88.4 Å². The molecule has 6 nitrogen and oxygen atoms in total. The largest absolute Gasteiger partial charge is 0.494 e. The van der Waals surface area contributed by atoms with Gasteiger partial charge >= 0.3 is 5.97 Å². The second-order valence-corrected chi connectivity index (χ2v) is 5.55. The number of amides is 1. The number of carbonyl (C=O) groups is 2. The van der Waals surface area contributed by atoms with E-state index in [0.717, 1.165) is 0 Å². The maximum atomic E-state index is 11.9. The minimum atomic E-state index is -0.997. The molecule has 0 saturated carbocycles. The van der Waals surface area contributed by atoms with Gasteiger partial charge in [-0.05, 0) is 44.0 Å². The van der Waals surface area contributed by atoms with E-state index in [1.54, 1.807) is 31.2 Å². The van der Waals surface area contributed by atoms with E-state index in [1.807, 2.05) is 20.8 Å². The number of benzene rings is 1. The highest BCUT2D eigenvalue weighted by atomic mass is 16.5. The number of nitrogens with zero attached hydrogens (tertiary/aromatic N) is 1. The minimum Gasteiger partial charge on any atom is -0.494 e. The highest BCUT2D eigenvalue weighted by Crippen LogP contribution is 2.15. The Hall–Kier alpha value is -2.55. The zero-order chi connectivity index (χ0) is 17.5. The lowest BCUT2D eigenvalue weighted by molar-refractivity contribution is -0.125. The van der Waals surface area contributed by atoms with E-state index >= 15 is 0 Å². The first-order valence-electron chi connectivity index (χ1n) is 7.44. The van der Waals surface area contributed by atoms with Crippen molar-refractivity contribution in [2.24, 2.45) is 5.92 Å². The maximum Gasteiger partial charge on any atom is 0.338 e. The second-order valence-electron chi connectivity index (χ2n) is 5.55. The molecule has 1 N–H and O–H groups in total. The smallest absolute Gasteiger partial charge is 0.338 e. The van der Waals surface area contributed by atoms with E-state index in [4.69, 9.17) is 14.7 Å². The molecule has 1 aromatic rings. The van der Waals surface area contributed by atoms with Gasteiger partial charge in [0.15, 0.2) is 6.61 Å². The van der Waals surface area contributed by atoms with Crippen molar-refractivity contribution < 1.29 is 19.1 Å². The third-order valence-electron chi connectivity index (χ3n) is 3.52. The molecular formula is C17H22N2O4. The zero-order valence-electron chi connectivity index (χ0n) is 13.9. The number of nitriles is 1. The lowest BCUT2D eigenvalue weighted by Crippen LogP contribution is -2.50. The van der Waals surface area contributed by atoms with Gasteiger partial charge in [0.25, 0.3) is 5.91 Å². The Morgan fingerprint density at radius 2 is 1.91 bits per heavy atom. The molecular weight excluding hydrogens is 296 g/mol. The van der Waals surface area contributed by atoms with Gasteiger partial charge in [-0.2, -0.15) is 5.26 Å². The van der Waals surface area contributed by atoms with Gasteiger partial charge in [0.05, 0.1) is 18.2 Å². The molecule has 1 amide bonds. The van der Waals surface area contributed by atoms with Crippen LogP contribution >= 0.6 is 0 Å². The van der Waals surface area contributed by atoms with Gasteiger partial charge < -0.3 is 14.8 Å². The van der Waals surface area contributed by atoms with E-state index in [-0.39, 0.29) is 5.92 Å². The summed E-state index contributed by atoms with van der Waals surface area (Å²) < 4.78 is 10.2. The Bertz CT molecular complexity index is 590. The number of hydrogen-bond donors (Lipinski definition) is 1. The number of esters is 1. The SMILES string of the molecule is CCOc1ccc(C(=O)OCC(=O)N[C@](C)(C#N)C(C)C)cc1. The van der Waals surface area contributed by atoms with Crippen LogP contribution in [0.1, 0.15) is 38.1 Å².